The second-order valence-electron chi connectivity index (χ2n) is 5.94. The van der Waals surface area contributed by atoms with E-state index in [-0.39, 0.29) is 0 Å². The van der Waals surface area contributed by atoms with Gasteiger partial charge in [-0.2, -0.15) is 0 Å². The van der Waals surface area contributed by atoms with E-state index in [0.29, 0.717) is 12.4 Å². The number of pyridine rings is 1. The van der Waals surface area contributed by atoms with Crippen LogP contribution in [0.1, 0.15) is 18.7 Å². The maximum Gasteiger partial charge on any atom is 0.152 e. The number of aromatic nitrogens is 3. The van der Waals surface area contributed by atoms with Crippen molar-refractivity contribution >= 4 is 39.7 Å². The van der Waals surface area contributed by atoms with Gasteiger partial charge in [-0.3, -0.25) is 4.72 Å². The largest absolute Gasteiger partial charge is 0.384 e. The quantitative estimate of drug-likeness (QED) is 0.452. The summed E-state index contributed by atoms with van der Waals surface area (Å²) in [6, 6.07) is 8.12. The number of nitrogens with two attached hydrogens (primary N) is 1. The van der Waals surface area contributed by atoms with E-state index in [9.17, 15) is 0 Å². The summed E-state index contributed by atoms with van der Waals surface area (Å²) in [5, 5.41) is 1.10. The Hall–Kier alpha value is -1.83. The summed E-state index contributed by atoms with van der Waals surface area (Å²) < 4.78 is 10.9. The highest BCUT2D eigenvalue weighted by Gasteiger charge is 2.16. The van der Waals surface area contributed by atoms with Crippen LogP contribution in [-0.4, -0.2) is 41.1 Å². The Morgan fingerprint density at radius 2 is 2.08 bits per heavy atom. The number of nitrogen functional groups attached to an aromatic ring is 1. The fourth-order valence-corrected chi connectivity index (χ4v) is 3.45. The molecule has 0 bridgehead atoms. The molecule has 3 aromatic rings. The Bertz CT molecular complexity index is 848. The maximum atomic E-state index is 6.20. The second-order valence-corrected chi connectivity index (χ2v) is 6.64. The average molecular weight is 359 g/mol. The van der Waals surface area contributed by atoms with Gasteiger partial charge in [-0.25, -0.2) is 9.97 Å². The number of methoxy groups -OCH3 is 1. The van der Waals surface area contributed by atoms with Gasteiger partial charge in [-0.05, 0) is 25.2 Å². The van der Waals surface area contributed by atoms with Crippen LogP contribution in [-0.2, 0) is 17.7 Å². The van der Waals surface area contributed by atoms with Gasteiger partial charge < -0.3 is 15.0 Å². The Morgan fingerprint density at radius 1 is 1.24 bits per heavy atom. The number of rotatable bonds is 9. The lowest BCUT2D eigenvalue weighted by Gasteiger charge is -2.11. The molecule has 3 rings (SSSR count). The van der Waals surface area contributed by atoms with Crippen LogP contribution in [0.15, 0.2) is 24.3 Å². The van der Waals surface area contributed by atoms with E-state index in [1.54, 1.807) is 19.1 Å². The van der Waals surface area contributed by atoms with Crippen LogP contribution in [0.25, 0.3) is 21.9 Å². The van der Waals surface area contributed by atoms with Crippen LogP contribution in [0, 0.1) is 0 Å². The summed E-state index contributed by atoms with van der Waals surface area (Å²) >= 11 is 1.66. The molecule has 0 fully saturated rings. The average Bonchev–Trinajstić information content (AvgIpc) is 2.99. The number of anilines is 1. The molecule has 0 radical (unpaired) electrons. The number of benzene rings is 1. The minimum atomic E-state index is 0.496. The molecule has 1 aromatic carbocycles. The van der Waals surface area contributed by atoms with Crippen molar-refractivity contribution in [2.24, 2.45) is 0 Å². The van der Waals surface area contributed by atoms with Crippen molar-refractivity contribution in [1.82, 2.24) is 19.3 Å². The first-order chi connectivity index (χ1) is 12.3. The number of ether oxygens (including phenoxy) is 1. The molecule has 2 aromatic heterocycles. The number of hydrogen-bond acceptors (Lipinski definition) is 6. The van der Waals surface area contributed by atoms with Crippen molar-refractivity contribution in [2.75, 3.05) is 32.3 Å². The van der Waals surface area contributed by atoms with Gasteiger partial charge in [0.25, 0.3) is 0 Å². The summed E-state index contributed by atoms with van der Waals surface area (Å²) in [7, 11) is 1.71. The molecule has 0 unspecified atom stereocenters. The lowest BCUT2D eigenvalue weighted by molar-refractivity contribution is 0.199. The van der Waals surface area contributed by atoms with Crippen molar-refractivity contribution < 1.29 is 4.74 Å². The predicted octanol–water partition coefficient (Wildman–Crippen LogP) is 3.00. The van der Waals surface area contributed by atoms with Crippen LogP contribution >= 0.6 is 11.9 Å². The molecule has 0 aliphatic heterocycles. The Morgan fingerprint density at radius 3 is 2.88 bits per heavy atom. The van der Waals surface area contributed by atoms with Crippen molar-refractivity contribution in [3.8, 4) is 0 Å². The SMILES string of the molecule is COCCc1nc2c(N)nc3ccccc3c2n1CCCCNSC. The van der Waals surface area contributed by atoms with Crippen molar-refractivity contribution in [3.05, 3.63) is 30.1 Å². The number of nitrogens with one attached hydrogen (secondary N) is 1. The topological polar surface area (TPSA) is 78.0 Å². The lowest BCUT2D eigenvalue weighted by Crippen LogP contribution is -2.10. The number of para-hydroxylation sites is 1. The molecule has 25 heavy (non-hydrogen) atoms. The van der Waals surface area contributed by atoms with Crippen LogP contribution in [0.4, 0.5) is 5.82 Å². The molecule has 0 saturated carbocycles. The molecule has 0 aliphatic carbocycles. The molecule has 0 saturated heterocycles. The molecule has 0 spiro atoms. The van der Waals surface area contributed by atoms with E-state index in [4.69, 9.17) is 15.5 Å². The normalized spacial score (nSPS) is 11.6. The zero-order valence-corrected chi connectivity index (χ0v) is 15.6. The third kappa shape index (κ3) is 3.89. The zero-order chi connectivity index (χ0) is 17.6. The van der Waals surface area contributed by atoms with Gasteiger partial charge in [-0.15, -0.1) is 0 Å². The highest BCUT2D eigenvalue weighted by atomic mass is 32.2. The fraction of sp³-hybridized carbons (Fsp3) is 0.444. The Labute approximate surface area is 152 Å². The number of nitrogens with zero attached hydrogens (tertiary/aromatic N) is 3. The standard InChI is InChI=1S/C18H25N5OS/c1-24-12-9-15-22-16-17(23(15)11-6-5-10-20-25-2)13-7-3-4-8-14(13)21-18(16)19/h3-4,7-8,20H,5-6,9-12H2,1-2H3,(H2,19,21). The monoisotopic (exact) mass is 359 g/mol. The van der Waals surface area contributed by atoms with Gasteiger partial charge in [0.1, 0.15) is 11.3 Å². The molecule has 0 atom stereocenters. The third-order valence-electron chi connectivity index (χ3n) is 4.27. The van der Waals surface area contributed by atoms with Crippen LogP contribution < -0.4 is 10.5 Å². The number of fused-ring (bicyclic) bond motifs is 3. The number of unbranched alkanes of at least 4 members (excludes halogenated alkanes) is 1. The predicted molar refractivity (Wildman–Crippen MR) is 106 cm³/mol. The molecule has 3 N–H and O–H groups in total. The lowest BCUT2D eigenvalue weighted by atomic mass is 10.2. The molecule has 134 valence electrons. The summed E-state index contributed by atoms with van der Waals surface area (Å²) in [6.45, 7) is 2.56. The van der Waals surface area contributed by atoms with Gasteiger partial charge in [-0.1, -0.05) is 30.1 Å². The van der Waals surface area contributed by atoms with Gasteiger partial charge >= 0.3 is 0 Å². The first-order valence-corrected chi connectivity index (χ1v) is 9.77. The number of imidazole rings is 1. The van der Waals surface area contributed by atoms with E-state index in [2.05, 4.69) is 20.3 Å². The summed E-state index contributed by atoms with van der Waals surface area (Å²) in [6.07, 6.45) is 5.01. The molecule has 6 nitrogen and oxygen atoms in total. The Kier molecular flexibility index (Phi) is 6.12. The summed E-state index contributed by atoms with van der Waals surface area (Å²) in [4.78, 5) is 9.31. The minimum Gasteiger partial charge on any atom is -0.384 e. The maximum absolute atomic E-state index is 6.20. The number of aryl methyl sites for hydroxylation is 1. The van der Waals surface area contributed by atoms with E-state index < -0.39 is 0 Å². The highest BCUT2D eigenvalue weighted by Crippen LogP contribution is 2.29. The molecule has 0 amide bonds. The molecular weight excluding hydrogens is 334 g/mol. The van der Waals surface area contributed by atoms with Crippen molar-refractivity contribution in [1.29, 1.82) is 0 Å². The fourth-order valence-electron chi connectivity index (χ4n) is 3.10. The van der Waals surface area contributed by atoms with Crippen LogP contribution in [0.3, 0.4) is 0 Å². The summed E-state index contributed by atoms with van der Waals surface area (Å²) in [5.41, 5.74) is 9.00. The van der Waals surface area contributed by atoms with E-state index in [1.807, 2.05) is 24.5 Å². The molecule has 7 heteroatoms. The van der Waals surface area contributed by atoms with Gasteiger partial charge in [0.15, 0.2) is 5.82 Å². The second kappa shape index (κ2) is 8.51. The molecule has 2 heterocycles. The smallest absolute Gasteiger partial charge is 0.152 e. The first kappa shape index (κ1) is 18.0. The first-order valence-electron chi connectivity index (χ1n) is 8.54. The van der Waals surface area contributed by atoms with E-state index in [0.717, 1.165) is 60.1 Å². The van der Waals surface area contributed by atoms with Gasteiger partial charge in [0, 0.05) is 32.0 Å². The molecule has 0 aliphatic rings. The zero-order valence-electron chi connectivity index (χ0n) is 14.8. The third-order valence-corrected chi connectivity index (χ3v) is 4.77. The van der Waals surface area contributed by atoms with Gasteiger partial charge in [0.2, 0.25) is 0 Å². The number of hydrogen-bond donors (Lipinski definition) is 2. The highest BCUT2D eigenvalue weighted by molar-refractivity contribution is 7.96. The molecular formula is C18H25N5OS. The van der Waals surface area contributed by atoms with Gasteiger partial charge in [0.05, 0.1) is 17.6 Å². The van der Waals surface area contributed by atoms with Crippen molar-refractivity contribution in [2.45, 2.75) is 25.8 Å². The Balaban J connectivity index is 2.02. The van der Waals surface area contributed by atoms with E-state index in [1.165, 1.54) is 0 Å². The summed E-state index contributed by atoms with van der Waals surface area (Å²) in [5.74, 6) is 1.51. The minimum absolute atomic E-state index is 0.496. The van der Waals surface area contributed by atoms with Crippen molar-refractivity contribution in [3.63, 3.8) is 0 Å². The van der Waals surface area contributed by atoms with Crippen LogP contribution in [0.5, 0.6) is 0 Å². The van der Waals surface area contributed by atoms with Crippen LogP contribution in [0.2, 0.25) is 0 Å². The van der Waals surface area contributed by atoms with E-state index >= 15 is 0 Å².